The first-order chi connectivity index (χ1) is 10.4. The Hall–Kier alpha value is -2.86. The first kappa shape index (κ1) is 14.1. The standard InChI is InChI=1S/C19H15NO2/c1-4-13-8-9-14-15(11-13)16(12-19(2,3)18(14)22)20-10-6-5-7-17(20)21/h1,5-12H,2-3H3. The molecule has 1 heterocycles. The van der Waals surface area contributed by atoms with Crippen LogP contribution in [0.5, 0.6) is 0 Å². The van der Waals surface area contributed by atoms with Gasteiger partial charge in [-0.1, -0.05) is 12.0 Å². The van der Waals surface area contributed by atoms with Gasteiger partial charge in [0.1, 0.15) is 0 Å². The van der Waals surface area contributed by atoms with E-state index in [1.807, 2.05) is 19.9 Å². The third-order valence-electron chi connectivity index (χ3n) is 3.87. The summed E-state index contributed by atoms with van der Waals surface area (Å²) in [6.45, 7) is 3.70. The van der Waals surface area contributed by atoms with Crippen molar-refractivity contribution in [1.82, 2.24) is 4.57 Å². The smallest absolute Gasteiger partial charge is 0.255 e. The van der Waals surface area contributed by atoms with Crippen molar-refractivity contribution in [3.63, 3.8) is 0 Å². The lowest BCUT2D eigenvalue weighted by atomic mass is 9.76. The second kappa shape index (κ2) is 4.85. The maximum atomic E-state index is 12.6. The summed E-state index contributed by atoms with van der Waals surface area (Å²) in [6, 6.07) is 10.3. The third kappa shape index (κ3) is 2.10. The van der Waals surface area contributed by atoms with Crippen molar-refractivity contribution < 1.29 is 4.79 Å². The molecule has 1 aliphatic rings. The molecule has 3 nitrogen and oxygen atoms in total. The number of aromatic nitrogens is 1. The second-order valence-electron chi connectivity index (χ2n) is 5.89. The van der Waals surface area contributed by atoms with Crippen LogP contribution in [0.3, 0.4) is 0 Å². The van der Waals surface area contributed by atoms with Gasteiger partial charge < -0.3 is 0 Å². The molecule has 0 saturated carbocycles. The van der Waals surface area contributed by atoms with Crippen molar-refractivity contribution in [3.8, 4) is 12.3 Å². The van der Waals surface area contributed by atoms with Gasteiger partial charge in [-0.05, 0) is 44.2 Å². The van der Waals surface area contributed by atoms with Crippen LogP contribution in [0.15, 0.2) is 53.5 Å². The molecule has 0 aliphatic heterocycles. The molecule has 0 bridgehead atoms. The highest BCUT2D eigenvalue weighted by molar-refractivity contribution is 6.08. The quantitative estimate of drug-likeness (QED) is 0.757. The molecule has 0 unspecified atom stereocenters. The van der Waals surface area contributed by atoms with Crippen molar-refractivity contribution in [2.75, 3.05) is 0 Å². The van der Waals surface area contributed by atoms with Gasteiger partial charge in [0, 0.05) is 34.4 Å². The molecule has 1 aromatic heterocycles. The summed E-state index contributed by atoms with van der Waals surface area (Å²) < 4.78 is 1.55. The molecule has 0 amide bonds. The molecule has 1 aromatic carbocycles. The van der Waals surface area contributed by atoms with E-state index in [9.17, 15) is 9.59 Å². The lowest BCUT2D eigenvalue weighted by molar-refractivity contribution is 0.0882. The Balaban J connectivity index is 2.35. The summed E-state index contributed by atoms with van der Waals surface area (Å²) in [5.74, 6) is 2.60. The van der Waals surface area contributed by atoms with E-state index in [0.717, 1.165) is 0 Å². The van der Waals surface area contributed by atoms with Crippen molar-refractivity contribution >= 4 is 11.5 Å². The van der Waals surface area contributed by atoms with Gasteiger partial charge in [-0.3, -0.25) is 14.2 Å². The van der Waals surface area contributed by atoms with E-state index in [1.165, 1.54) is 6.07 Å². The number of nitrogens with zero attached hydrogens (tertiary/aromatic N) is 1. The van der Waals surface area contributed by atoms with Crippen LogP contribution in [0, 0.1) is 17.8 Å². The molecule has 1 aliphatic carbocycles. The number of pyridine rings is 1. The van der Waals surface area contributed by atoms with Gasteiger partial charge in [-0.25, -0.2) is 0 Å². The fraction of sp³-hybridized carbons (Fsp3) is 0.158. The van der Waals surface area contributed by atoms with E-state index in [0.29, 0.717) is 22.4 Å². The van der Waals surface area contributed by atoms with Gasteiger partial charge in [0.15, 0.2) is 5.78 Å². The van der Waals surface area contributed by atoms with Gasteiger partial charge in [0.05, 0.1) is 5.70 Å². The first-order valence-corrected chi connectivity index (χ1v) is 7.01. The highest BCUT2D eigenvalue weighted by Crippen LogP contribution is 2.37. The average Bonchev–Trinajstić information content (AvgIpc) is 2.51. The molecule has 0 spiro atoms. The molecule has 3 rings (SSSR count). The Morgan fingerprint density at radius 1 is 1.09 bits per heavy atom. The van der Waals surface area contributed by atoms with E-state index in [1.54, 1.807) is 41.1 Å². The molecular weight excluding hydrogens is 274 g/mol. The van der Waals surface area contributed by atoms with Crippen LogP contribution in [0.4, 0.5) is 0 Å². The summed E-state index contributed by atoms with van der Waals surface area (Å²) >= 11 is 0. The Kier molecular flexibility index (Phi) is 3.11. The number of fused-ring (bicyclic) bond motifs is 1. The van der Waals surface area contributed by atoms with E-state index in [-0.39, 0.29) is 11.3 Å². The predicted octanol–water partition coefficient (Wildman–Crippen LogP) is 2.94. The molecule has 0 atom stereocenters. The lowest BCUT2D eigenvalue weighted by Gasteiger charge is -2.29. The summed E-state index contributed by atoms with van der Waals surface area (Å²) in [5.41, 5.74) is 1.86. The maximum absolute atomic E-state index is 12.6. The van der Waals surface area contributed by atoms with E-state index >= 15 is 0 Å². The van der Waals surface area contributed by atoms with Crippen LogP contribution in [0.25, 0.3) is 5.70 Å². The van der Waals surface area contributed by atoms with Crippen LogP contribution in [0.2, 0.25) is 0 Å². The summed E-state index contributed by atoms with van der Waals surface area (Å²) in [4.78, 5) is 24.8. The van der Waals surface area contributed by atoms with E-state index in [2.05, 4.69) is 5.92 Å². The molecule has 0 fully saturated rings. The van der Waals surface area contributed by atoms with Crippen LogP contribution < -0.4 is 5.56 Å². The highest BCUT2D eigenvalue weighted by Gasteiger charge is 2.34. The van der Waals surface area contributed by atoms with Gasteiger partial charge in [0.2, 0.25) is 0 Å². The zero-order valence-corrected chi connectivity index (χ0v) is 12.5. The fourth-order valence-corrected chi connectivity index (χ4v) is 2.70. The van der Waals surface area contributed by atoms with Crippen LogP contribution in [-0.4, -0.2) is 10.4 Å². The molecule has 2 aromatic rings. The summed E-state index contributed by atoms with van der Waals surface area (Å²) in [7, 11) is 0. The van der Waals surface area contributed by atoms with Crippen molar-refractivity contribution in [1.29, 1.82) is 0 Å². The third-order valence-corrected chi connectivity index (χ3v) is 3.87. The number of rotatable bonds is 1. The Morgan fingerprint density at radius 3 is 2.55 bits per heavy atom. The first-order valence-electron chi connectivity index (χ1n) is 7.01. The Bertz CT molecular complexity index is 908. The zero-order valence-electron chi connectivity index (χ0n) is 12.5. The number of Topliss-reactive ketones (excluding diaryl/α,β-unsaturated/α-hetero) is 1. The van der Waals surface area contributed by atoms with Gasteiger partial charge in [0.25, 0.3) is 5.56 Å². The summed E-state index contributed by atoms with van der Waals surface area (Å²) in [5, 5.41) is 0. The average molecular weight is 289 g/mol. The zero-order chi connectivity index (χ0) is 15.9. The van der Waals surface area contributed by atoms with E-state index in [4.69, 9.17) is 6.42 Å². The highest BCUT2D eigenvalue weighted by atomic mass is 16.1. The minimum Gasteiger partial charge on any atom is -0.293 e. The van der Waals surface area contributed by atoms with Crippen molar-refractivity contribution in [2.45, 2.75) is 13.8 Å². The van der Waals surface area contributed by atoms with Crippen LogP contribution in [-0.2, 0) is 0 Å². The molecule has 22 heavy (non-hydrogen) atoms. The largest absolute Gasteiger partial charge is 0.293 e. The van der Waals surface area contributed by atoms with Crippen molar-refractivity contribution in [2.24, 2.45) is 5.41 Å². The molecule has 108 valence electrons. The number of carbonyl (C=O) groups excluding carboxylic acids is 1. The lowest BCUT2D eigenvalue weighted by Crippen LogP contribution is -2.30. The predicted molar refractivity (Wildman–Crippen MR) is 86.6 cm³/mol. The monoisotopic (exact) mass is 289 g/mol. The summed E-state index contributed by atoms with van der Waals surface area (Å²) in [6.07, 6.45) is 9.00. The van der Waals surface area contributed by atoms with Crippen molar-refractivity contribution in [3.05, 3.63) is 75.7 Å². The number of carbonyl (C=O) groups is 1. The Labute approximate surface area is 128 Å². The van der Waals surface area contributed by atoms with Gasteiger partial charge >= 0.3 is 0 Å². The number of hydrogen-bond donors (Lipinski definition) is 0. The second-order valence-corrected chi connectivity index (χ2v) is 5.89. The SMILES string of the molecule is C#Cc1ccc2c(c1)C(n1ccccc1=O)=CC(C)(C)C2=O. The van der Waals surface area contributed by atoms with Crippen LogP contribution >= 0.6 is 0 Å². The topological polar surface area (TPSA) is 39.1 Å². The molecule has 0 N–H and O–H groups in total. The number of terminal acetylenes is 1. The van der Waals surface area contributed by atoms with Gasteiger partial charge in [-0.2, -0.15) is 0 Å². The number of allylic oxidation sites excluding steroid dienone is 1. The maximum Gasteiger partial charge on any atom is 0.255 e. The van der Waals surface area contributed by atoms with E-state index < -0.39 is 5.41 Å². The number of ketones is 1. The number of hydrogen-bond acceptors (Lipinski definition) is 2. The molecular formula is C19H15NO2. The van der Waals surface area contributed by atoms with Gasteiger partial charge in [-0.15, -0.1) is 6.42 Å². The Morgan fingerprint density at radius 2 is 1.86 bits per heavy atom. The fourth-order valence-electron chi connectivity index (χ4n) is 2.70. The number of benzene rings is 1. The van der Waals surface area contributed by atoms with Crippen LogP contribution in [0.1, 0.15) is 35.3 Å². The normalized spacial score (nSPS) is 15.7. The molecule has 0 saturated heterocycles. The molecule has 0 radical (unpaired) electrons. The minimum atomic E-state index is -0.671. The molecule has 3 heteroatoms. The minimum absolute atomic E-state index is 0.0267.